The Kier molecular flexibility index (Phi) is 7.09. The second kappa shape index (κ2) is 9.95. The molecule has 0 amide bonds. The molecule has 5 heteroatoms. The third kappa shape index (κ3) is 5.60. The van der Waals surface area contributed by atoms with Gasteiger partial charge in [0.2, 0.25) is 0 Å². The van der Waals surface area contributed by atoms with Gasteiger partial charge < -0.3 is 14.2 Å². The summed E-state index contributed by atoms with van der Waals surface area (Å²) in [5, 5.41) is 0. The molecule has 0 aliphatic rings. The van der Waals surface area contributed by atoms with E-state index >= 15 is 0 Å². The van der Waals surface area contributed by atoms with Gasteiger partial charge >= 0.3 is 5.97 Å². The average Bonchev–Trinajstić information content (AvgIpc) is 2.74. The summed E-state index contributed by atoms with van der Waals surface area (Å²) in [5.74, 6) is 1.56. The first-order chi connectivity index (χ1) is 13.7. The molecule has 0 saturated heterocycles. The van der Waals surface area contributed by atoms with Crippen LogP contribution in [0.5, 0.6) is 17.2 Å². The van der Waals surface area contributed by atoms with Crippen LogP contribution in [0.1, 0.15) is 22.8 Å². The highest BCUT2D eigenvalue weighted by Gasteiger charge is 2.11. The lowest BCUT2D eigenvalue weighted by Gasteiger charge is -2.10. The largest absolute Gasteiger partial charge is 0.490 e. The Hall–Kier alpha value is -2.79. The predicted octanol–water partition coefficient (Wildman–Crippen LogP) is 5.69. The summed E-state index contributed by atoms with van der Waals surface area (Å²) < 4.78 is 17.5. The molecule has 0 saturated carbocycles. The third-order valence-electron chi connectivity index (χ3n) is 4.06. The number of ether oxygens (including phenoxy) is 3. The van der Waals surface area contributed by atoms with Crippen molar-refractivity contribution >= 4 is 21.9 Å². The molecule has 0 radical (unpaired) electrons. The van der Waals surface area contributed by atoms with Crippen LogP contribution in [0.2, 0.25) is 0 Å². The normalized spacial score (nSPS) is 10.4. The minimum Gasteiger partial charge on any atom is -0.490 e. The zero-order valence-electron chi connectivity index (χ0n) is 15.6. The summed E-state index contributed by atoms with van der Waals surface area (Å²) >= 11 is 3.44. The molecule has 0 aliphatic carbocycles. The second-order valence-electron chi connectivity index (χ2n) is 6.04. The molecular weight excluding hydrogens is 420 g/mol. The predicted molar refractivity (Wildman–Crippen MR) is 112 cm³/mol. The minimum atomic E-state index is -0.413. The summed E-state index contributed by atoms with van der Waals surface area (Å²) in [6.45, 7) is 2.93. The van der Waals surface area contributed by atoms with Crippen molar-refractivity contribution in [3.8, 4) is 17.2 Å². The Balaban J connectivity index is 1.50. The highest BCUT2D eigenvalue weighted by Crippen LogP contribution is 2.27. The van der Waals surface area contributed by atoms with Gasteiger partial charge in [0.25, 0.3) is 0 Å². The fourth-order valence-corrected chi connectivity index (χ4v) is 3.04. The molecule has 0 unspecified atom stereocenters. The summed E-state index contributed by atoms with van der Waals surface area (Å²) in [7, 11) is 0. The standard InChI is InChI=1S/C23H21BrO4/c1-2-17-8-13-22(21(24)16-17)28-23(25)18-9-11-20(12-10-18)27-15-14-26-19-6-4-3-5-7-19/h3-13,16H,2,14-15H2,1H3. The molecule has 0 N–H and O–H groups in total. The van der Waals surface area contributed by atoms with Crippen LogP contribution >= 0.6 is 15.9 Å². The topological polar surface area (TPSA) is 44.8 Å². The Morgan fingerprint density at radius 3 is 2.11 bits per heavy atom. The molecule has 28 heavy (non-hydrogen) atoms. The first-order valence-corrected chi connectivity index (χ1v) is 9.86. The first kappa shape index (κ1) is 20.0. The zero-order chi connectivity index (χ0) is 19.8. The SMILES string of the molecule is CCc1ccc(OC(=O)c2ccc(OCCOc3ccccc3)cc2)c(Br)c1. The Bertz CT molecular complexity index is 908. The Morgan fingerprint density at radius 1 is 0.857 bits per heavy atom. The number of benzene rings is 3. The van der Waals surface area contributed by atoms with E-state index in [0.29, 0.717) is 30.3 Å². The molecule has 0 fully saturated rings. The van der Waals surface area contributed by atoms with Crippen molar-refractivity contribution < 1.29 is 19.0 Å². The van der Waals surface area contributed by atoms with E-state index in [0.717, 1.165) is 16.6 Å². The molecule has 0 heterocycles. The molecule has 3 aromatic rings. The molecule has 0 aliphatic heterocycles. The van der Waals surface area contributed by atoms with E-state index in [2.05, 4.69) is 22.9 Å². The van der Waals surface area contributed by atoms with Gasteiger partial charge in [-0.2, -0.15) is 0 Å². The summed E-state index contributed by atoms with van der Waals surface area (Å²) in [5.41, 5.74) is 1.63. The monoisotopic (exact) mass is 440 g/mol. The molecule has 3 rings (SSSR count). The van der Waals surface area contributed by atoms with Crippen LogP contribution in [0.25, 0.3) is 0 Å². The van der Waals surface area contributed by atoms with Crippen molar-refractivity contribution in [3.05, 3.63) is 88.4 Å². The molecular formula is C23H21BrO4. The molecule has 4 nitrogen and oxygen atoms in total. The van der Waals surface area contributed by atoms with Crippen molar-refractivity contribution in [1.29, 1.82) is 0 Å². The van der Waals surface area contributed by atoms with Crippen molar-refractivity contribution in [2.75, 3.05) is 13.2 Å². The second-order valence-corrected chi connectivity index (χ2v) is 6.90. The first-order valence-electron chi connectivity index (χ1n) is 9.07. The average molecular weight is 441 g/mol. The quantitative estimate of drug-likeness (QED) is 0.256. The summed E-state index contributed by atoms with van der Waals surface area (Å²) in [6.07, 6.45) is 0.921. The number of aryl methyl sites for hydroxylation is 1. The van der Waals surface area contributed by atoms with Crippen molar-refractivity contribution in [3.63, 3.8) is 0 Å². The minimum absolute atomic E-state index is 0.412. The highest BCUT2D eigenvalue weighted by molar-refractivity contribution is 9.10. The van der Waals surface area contributed by atoms with E-state index in [4.69, 9.17) is 14.2 Å². The number of rotatable bonds is 8. The molecule has 144 valence electrons. The van der Waals surface area contributed by atoms with E-state index < -0.39 is 5.97 Å². The number of hydrogen-bond donors (Lipinski definition) is 0. The highest BCUT2D eigenvalue weighted by atomic mass is 79.9. The van der Waals surface area contributed by atoms with Gasteiger partial charge in [-0.3, -0.25) is 0 Å². The lowest BCUT2D eigenvalue weighted by atomic mass is 10.2. The van der Waals surface area contributed by atoms with E-state index in [9.17, 15) is 4.79 Å². The van der Waals surface area contributed by atoms with Gasteiger partial charge in [-0.25, -0.2) is 4.79 Å². The van der Waals surface area contributed by atoms with Crippen LogP contribution in [0.4, 0.5) is 0 Å². The zero-order valence-corrected chi connectivity index (χ0v) is 17.1. The maximum Gasteiger partial charge on any atom is 0.343 e. The maximum atomic E-state index is 12.3. The van der Waals surface area contributed by atoms with Gasteiger partial charge in [0.05, 0.1) is 10.0 Å². The fraction of sp³-hybridized carbons (Fsp3) is 0.174. The number of hydrogen-bond acceptors (Lipinski definition) is 4. The number of carbonyl (C=O) groups is 1. The Labute approximate surface area is 173 Å². The van der Waals surface area contributed by atoms with E-state index in [1.54, 1.807) is 30.3 Å². The number of para-hydroxylation sites is 1. The van der Waals surface area contributed by atoms with Gasteiger partial charge in [-0.05, 0) is 76.4 Å². The lowest BCUT2D eigenvalue weighted by Crippen LogP contribution is -2.10. The van der Waals surface area contributed by atoms with Crippen LogP contribution in [-0.2, 0) is 6.42 Å². The van der Waals surface area contributed by atoms with Gasteiger partial charge in [-0.1, -0.05) is 31.2 Å². The van der Waals surface area contributed by atoms with Crippen molar-refractivity contribution in [2.24, 2.45) is 0 Å². The number of carbonyl (C=O) groups excluding carboxylic acids is 1. The van der Waals surface area contributed by atoms with Crippen LogP contribution in [0, 0.1) is 0 Å². The lowest BCUT2D eigenvalue weighted by molar-refractivity contribution is 0.0733. The number of halogens is 1. The molecule has 0 aromatic heterocycles. The van der Waals surface area contributed by atoms with E-state index in [-0.39, 0.29) is 0 Å². The van der Waals surface area contributed by atoms with Crippen molar-refractivity contribution in [1.82, 2.24) is 0 Å². The van der Waals surface area contributed by atoms with Gasteiger partial charge in [0.15, 0.2) is 0 Å². The molecule has 0 spiro atoms. The third-order valence-corrected chi connectivity index (χ3v) is 4.68. The van der Waals surface area contributed by atoms with E-state index in [1.807, 2.05) is 42.5 Å². The van der Waals surface area contributed by atoms with Gasteiger partial charge in [0.1, 0.15) is 30.5 Å². The van der Waals surface area contributed by atoms with Crippen molar-refractivity contribution in [2.45, 2.75) is 13.3 Å². The number of esters is 1. The molecule has 3 aromatic carbocycles. The van der Waals surface area contributed by atoms with E-state index in [1.165, 1.54) is 5.56 Å². The maximum absolute atomic E-state index is 12.3. The molecule has 0 atom stereocenters. The fourth-order valence-electron chi connectivity index (χ4n) is 2.53. The van der Waals surface area contributed by atoms with Crippen LogP contribution < -0.4 is 14.2 Å². The Morgan fingerprint density at radius 2 is 1.50 bits per heavy atom. The molecule has 0 bridgehead atoms. The van der Waals surface area contributed by atoms with Crippen LogP contribution in [-0.4, -0.2) is 19.2 Å². The van der Waals surface area contributed by atoms with Crippen LogP contribution in [0.3, 0.4) is 0 Å². The summed E-state index contributed by atoms with van der Waals surface area (Å²) in [6, 6.07) is 22.1. The van der Waals surface area contributed by atoms with Crippen LogP contribution in [0.15, 0.2) is 77.3 Å². The van der Waals surface area contributed by atoms with Gasteiger partial charge in [-0.15, -0.1) is 0 Å². The van der Waals surface area contributed by atoms with Gasteiger partial charge in [0, 0.05) is 0 Å². The summed E-state index contributed by atoms with van der Waals surface area (Å²) in [4.78, 5) is 12.3. The smallest absolute Gasteiger partial charge is 0.343 e.